The number of hydrogen-bond donors (Lipinski definition) is 0. The zero-order valence-corrected chi connectivity index (χ0v) is 9.64. The van der Waals surface area contributed by atoms with E-state index in [-0.39, 0.29) is 10.8 Å². The number of rotatable bonds is 1. The molecule has 0 aliphatic rings. The van der Waals surface area contributed by atoms with Gasteiger partial charge in [0.2, 0.25) is 0 Å². The van der Waals surface area contributed by atoms with Gasteiger partial charge in [-0.05, 0) is 28.5 Å². The Kier molecular flexibility index (Phi) is 2.58. The Bertz CT molecular complexity index is 452. The lowest BCUT2D eigenvalue weighted by Gasteiger charge is -2.01. The quantitative estimate of drug-likeness (QED) is 0.670. The molecule has 0 saturated heterocycles. The molecule has 0 atom stereocenters. The van der Waals surface area contributed by atoms with Crippen molar-refractivity contribution in [3.63, 3.8) is 0 Å². The van der Waals surface area contributed by atoms with Crippen molar-refractivity contribution in [2.75, 3.05) is 0 Å². The van der Waals surface area contributed by atoms with Crippen LogP contribution in [0.1, 0.15) is 5.56 Å². The van der Waals surface area contributed by atoms with Crippen LogP contribution in [0.25, 0.3) is 10.1 Å². The Balaban J connectivity index is 2.87. The number of fused-ring (bicyclic) bond motifs is 1. The third kappa shape index (κ3) is 1.49. The molecule has 0 aliphatic heterocycles. The molecule has 0 fully saturated rings. The van der Waals surface area contributed by atoms with E-state index in [0.29, 0.717) is 5.33 Å². The number of thiophene rings is 1. The lowest BCUT2D eigenvalue weighted by atomic mass is 10.1. The van der Waals surface area contributed by atoms with E-state index in [1.54, 1.807) is 0 Å². The Morgan fingerprint density at radius 3 is 3.00 bits per heavy atom. The van der Waals surface area contributed by atoms with Crippen molar-refractivity contribution < 1.29 is 4.39 Å². The molecular weight excluding hydrogens is 275 g/mol. The van der Waals surface area contributed by atoms with Crippen molar-refractivity contribution in [2.45, 2.75) is 5.33 Å². The second-order valence-corrected chi connectivity index (χ2v) is 4.48. The van der Waals surface area contributed by atoms with Crippen LogP contribution in [0.3, 0.4) is 0 Å². The van der Waals surface area contributed by atoms with Gasteiger partial charge in [-0.1, -0.05) is 27.5 Å². The van der Waals surface area contributed by atoms with Gasteiger partial charge in [0, 0.05) is 5.33 Å². The molecule has 0 saturated carbocycles. The number of halogens is 3. The van der Waals surface area contributed by atoms with Gasteiger partial charge in [-0.2, -0.15) is 0 Å². The molecule has 0 unspecified atom stereocenters. The molecule has 0 spiro atoms. The summed E-state index contributed by atoms with van der Waals surface area (Å²) in [6.07, 6.45) is 0. The average molecular weight is 280 g/mol. The van der Waals surface area contributed by atoms with Crippen LogP contribution >= 0.6 is 38.9 Å². The van der Waals surface area contributed by atoms with Crippen LogP contribution in [-0.4, -0.2) is 0 Å². The average Bonchev–Trinajstić information content (AvgIpc) is 2.60. The molecule has 0 aliphatic carbocycles. The van der Waals surface area contributed by atoms with Gasteiger partial charge in [0.15, 0.2) is 0 Å². The van der Waals surface area contributed by atoms with Gasteiger partial charge in [0.05, 0.1) is 9.72 Å². The molecule has 2 aromatic rings. The van der Waals surface area contributed by atoms with Crippen molar-refractivity contribution in [2.24, 2.45) is 0 Å². The van der Waals surface area contributed by atoms with Crippen LogP contribution in [0.2, 0.25) is 5.02 Å². The van der Waals surface area contributed by atoms with Crippen LogP contribution in [0.4, 0.5) is 4.39 Å². The van der Waals surface area contributed by atoms with E-state index < -0.39 is 0 Å². The highest BCUT2D eigenvalue weighted by molar-refractivity contribution is 9.08. The third-order valence-corrected chi connectivity index (χ3v) is 3.88. The van der Waals surface area contributed by atoms with E-state index in [4.69, 9.17) is 11.6 Å². The zero-order chi connectivity index (χ0) is 9.42. The Morgan fingerprint density at radius 1 is 1.54 bits per heavy atom. The Morgan fingerprint density at radius 2 is 2.31 bits per heavy atom. The molecule has 1 aromatic heterocycles. The minimum atomic E-state index is -0.342. The summed E-state index contributed by atoms with van der Waals surface area (Å²) in [5.74, 6) is -0.342. The van der Waals surface area contributed by atoms with E-state index in [2.05, 4.69) is 15.9 Å². The van der Waals surface area contributed by atoms with Gasteiger partial charge >= 0.3 is 0 Å². The van der Waals surface area contributed by atoms with Crippen LogP contribution in [0, 0.1) is 5.82 Å². The SMILES string of the molecule is Fc1cc(CBr)c2ccsc2c1Cl. The van der Waals surface area contributed by atoms with Crippen molar-refractivity contribution >= 4 is 49.0 Å². The van der Waals surface area contributed by atoms with Gasteiger partial charge < -0.3 is 0 Å². The minimum absolute atomic E-state index is 0.231. The van der Waals surface area contributed by atoms with Crippen LogP contribution in [0.5, 0.6) is 0 Å². The van der Waals surface area contributed by atoms with E-state index in [1.807, 2.05) is 11.4 Å². The normalized spacial score (nSPS) is 11.0. The van der Waals surface area contributed by atoms with E-state index in [0.717, 1.165) is 15.6 Å². The second kappa shape index (κ2) is 3.56. The van der Waals surface area contributed by atoms with Crippen molar-refractivity contribution in [3.05, 3.63) is 33.9 Å². The molecule has 0 N–H and O–H groups in total. The summed E-state index contributed by atoms with van der Waals surface area (Å²) in [5.41, 5.74) is 0.943. The number of alkyl halides is 1. The molecule has 0 nitrogen and oxygen atoms in total. The summed E-state index contributed by atoms with van der Waals surface area (Å²) in [4.78, 5) is 0. The van der Waals surface area contributed by atoms with Crippen molar-refractivity contribution in [3.8, 4) is 0 Å². The molecule has 0 radical (unpaired) electrons. The standard InChI is InChI=1S/C9H5BrClFS/c10-4-5-3-7(12)8(11)9-6(5)1-2-13-9/h1-3H,4H2. The van der Waals surface area contributed by atoms with Gasteiger partial charge in [0.25, 0.3) is 0 Å². The summed E-state index contributed by atoms with van der Waals surface area (Å²) in [6.45, 7) is 0. The maximum Gasteiger partial charge on any atom is 0.143 e. The predicted octanol–water partition coefficient (Wildman–Crippen LogP) is 4.59. The summed E-state index contributed by atoms with van der Waals surface area (Å²) < 4.78 is 14.1. The lowest BCUT2D eigenvalue weighted by molar-refractivity contribution is 0.629. The predicted molar refractivity (Wildman–Crippen MR) is 59.4 cm³/mol. The van der Waals surface area contributed by atoms with Crippen LogP contribution in [-0.2, 0) is 5.33 Å². The largest absolute Gasteiger partial charge is 0.205 e. The Hall–Kier alpha value is -0.120. The fraction of sp³-hybridized carbons (Fsp3) is 0.111. The Labute approximate surface area is 92.5 Å². The van der Waals surface area contributed by atoms with E-state index in [1.165, 1.54) is 17.4 Å². The van der Waals surface area contributed by atoms with Crippen LogP contribution in [0.15, 0.2) is 17.5 Å². The molecule has 68 valence electrons. The lowest BCUT2D eigenvalue weighted by Crippen LogP contribution is -1.83. The molecule has 0 amide bonds. The summed E-state index contributed by atoms with van der Waals surface area (Å²) >= 11 is 10.6. The molecular formula is C9H5BrClFS. The second-order valence-electron chi connectivity index (χ2n) is 2.63. The molecule has 1 aromatic carbocycles. The maximum absolute atomic E-state index is 13.2. The first-order valence-electron chi connectivity index (χ1n) is 3.64. The van der Waals surface area contributed by atoms with Gasteiger partial charge in [-0.15, -0.1) is 11.3 Å². The van der Waals surface area contributed by atoms with Gasteiger partial charge in [-0.25, -0.2) is 4.39 Å². The highest BCUT2D eigenvalue weighted by Gasteiger charge is 2.10. The highest BCUT2D eigenvalue weighted by atomic mass is 79.9. The van der Waals surface area contributed by atoms with E-state index in [9.17, 15) is 4.39 Å². The molecule has 1 heterocycles. The third-order valence-electron chi connectivity index (χ3n) is 1.87. The van der Waals surface area contributed by atoms with Crippen molar-refractivity contribution in [1.82, 2.24) is 0 Å². The fourth-order valence-corrected chi connectivity index (χ4v) is 2.87. The molecule has 13 heavy (non-hydrogen) atoms. The first-order chi connectivity index (χ1) is 6.24. The van der Waals surface area contributed by atoms with E-state index >= 15 is 0 Å². The molecule has 4 heteroatoms. The summed E-state index contributed by atoms with van der Waals surface area (Å²) in [5, 5.41) is 3.83. The topological polar surface area (TPSA) is 0 Å². The monoisotopic (exact) mass is 278 g/mol. The maximum atomic E-state index is 13.2. The molecule has 2 rings (SSSR count). The number of benzene rings is 1. The zero-order valence-electron chi connectivity index (χ0n) is 6.48. The van der Waals surface area contributed by atoms with Crippen molar-refractivity contribution in [1.29, 1.82) is 0 Å². The fourth-order valence-electron chi connectivity index (χ4n) is 1.25. The number of hydrogen-bond acceptors (Lipinski definition) is 1. The first kappa shape index (κ1) is 9.44. The first-order valence-corrected chi connectivity index (χ1v) is 6.02. The summed E-state index contributed by atoms with van der Waals surface area (Å²) in [7, 11) is 0. The summed E-state index contributed by atoms with van der Waals surface area (Å²) in [6, 6.07) is 3.44. The smallest absolute Gasteiger partial charge is 0.143 e. The van der Waals surface area contributed by atoms with Gasteiger partial charge in [0.1, 0.15) is 5.82 Å². The molecule has 0 bridgehead atoms. The highest BCUT2D eigenvalue weighted by Crippen LogP contribution is 2.34. The van der Waals surface area contributed by atoms with Gasteiger partial charge in [-0.3, -0.25) is 0 Å². The van der Waals surface area contributed by atoms with Crippen LogP contribution < -0.4 is 0 Å². The minimum Gasteiger partial charge on any atom is -0.205 e.